The van der Waals surface area contributed by atoms with E-state index in [0.29, 0.717) is 23.7 Å². The summed E-state index contributed by atoms with van der Waals surface area (Å²) in [5, 5.41) is 0.422. The third-order valence-electron chi connectivity index (χ3n) is 6.36. The van der Waals surface area contributed by atoms with Crippen LogP contribution < -0.4 is 9.47 Å². The molecule has 1 aliphatic carbocycles. The molecular weight excluding hydrogens is 571 g/mol. The Morgan fingerprint density at radius 1 is 1.07 bits per heavy atom. The van der Waals surface area contributed by atoms with Crippen molar-refractivity contribution in [2.45, 2.75) is 32.0 Å². The summed E-state index contributed by atoms with van der Waals surface area (Å²) in [4.78, 5) is 47.1. The highest BCUT2D eigenvalue weighted by molar-refractivity contribution is 6.35. The van der Waals surface area contributed by atoms with Gasteiger partial charge in [-0.2, -0.15) is 8.78 Å². The fourth-order valence-corrected chi connectivity index (χ4v) is 4.67. The normalized spacial score (nSPS) is 15.3. The molecule has 5 rings (SSSR count). The van der Waals surface area contributed by atoms with E-state index in [1.165, 1.54) is 48.9 Å². The van der Waals surface area contributed by atoms with Crippen LogP contribution in [0.5, 0.6) is 11.5 Å². The molecule has 1 fully saturated rings. The molecule has 208 valence electrons. The molecule has 9 nitrogen and oxygen atoms in total. The first-order chi connectivity index (χ1) is 19.2. The summed E-state index contributed by atoms with van der Waals surface area (Å²) >= 11 is 12.6. The van der Waals surface area contributed by atoms with Crippen molar-refractivity contribution >= 4 is 41.0 Å². The molecule has 3 heterocycles. The number of pyridine rings is 2. The summed E-state index contributed by atoms with van der Waals surface area (Å²) in [7, 11) is 0. The number of imide groups is 1. The largest absolute Gasteiger partial charge is 0.489 e. The average Bonchev–Trinajstić information content (AvgIpc) is 3.73. The van der Waals surface area contributed by atoms with Gasteiger partial charge in [-0.3, -0.25) is 29.3 Å². The van der Waals surface area contributed by atoms with E-state index < -0.39 is 37.0 Å². The Hall–Kier alpha value is -3.83. The smallest absolute Gasteiger partial charge is 0.387 e. The van der Waals surface area contributed by atoms with Crippen LogP contribution >= 0.6 is 23.2 Å². The summed E-state index contributed by atoms with van der Waals surface area (Å²) in [6.07, 6.45) is 4.95. The third kappa shape index (κ3) is 6.15. The number of carbonyl (C=O) groups is 3. The van der Waals surface area contributed by atoms with Crippen molar-refractivity contribution in [1.82, 2.24) is 14.9 Å². The molecule has 0 saturated heterocycles. The molecule has 0 unspecified atom stereocenters. The maximum absolute atomic E-state index is 13.1. The van der Waals surface area contributed by atoms with Crippen LogP contribution in [0, 0.1) is 5.92 Å². The van der Waals surface area contributed by atoms with Crippen molar-refractivity contribution in [2.75, 3.05) is 13.2 Å². The highest BCUT2D eigenvalue weighted by Gasteiger charge is 2.38. The number of amides is 2. The molecule has 2 aromatic heterocycles. The lowest BCUT2D eigenvalue weighted by Gasteiger charge is -2.22. The molecule has 3 aromatic rings. The summed E-state index contributed by atoms with van der Waals surface area (Å²) < 4.78 is 42.2. The molecule has 0 spiro atoms. The maximum Gasteiger partial charge on any atom is 0.387 e. The van der Waals surface area contributed by atoms with Crippen LogP contribution in [-0.2, 0) is 16.0 Å². The number of alkyl halides is 2. The van der Waals surface area contributed by atoms with Gasteiger partial charge in [0.2, 0.25) is 0 Å². The molecule has 40 heavy (non-hydrogen) atoms. The van der Waals surface area contributed by atoms with Gasteiger partial charge in [-0.1, -0.05) is 29.3 Å². The number of carbonyl (C=O) groups excluding carboxylic acids is 3. The van der Waals surface area contributed by atoms with E-state index in [1.807, 2.05) is 0 Å². The van der Waals surface area contributed by atoms with Crippen LogP contribution in [0.15, 0.2) is 48.9 Å². The van der Waals surface area contributed by atoms with Gasteiger partial charge in [-0.25, -0.2) is 0 Å². The van der Waals surface area contributed by atoms with E-state index in [4.69, 9.17) is 32.7 Å². The van der Waals surface area contributed by atoms with Gasteiger partial charge in [0.1, 0.15) is 18.3 Å². The van der Waals surface area contributed by atoms with Gasteiger partial charge in [0.05, 0.1) is 22.2 Å². The van der Waals surface area contributed by atoms with E-state index in [2.05, 4.69) is 14.7 Å². The fourth-order valence-electron chi connectivity index (χ4n) is 4.15. The van der Waals surface area contributed by atoms with Crippen LogP contribution in [0.3, 0.4) is 0 Å². The number of fused-ring (bicyclic) bond motifs is 1. The van der Waals surface area contributed by atoms with Crippen LogP contribution in [-0.4, -0.2) is 52.4 Å². The predicted molar refractivity (Wildman–Crippen MR) is 138 cm³/mol. The van der Waals surface area contributed by atoms with Gasteiger partial charge in [-0.05, 0) is 54.2 Å². The molecule has 1 atom stereocenters. The van der Waals surface area contributed by atoms with Gasteiger partial charge in [0.25, 0.3) is 11.8 Å². The molecule has 1 saturated carbocycles. The minimum atomic E-state index is -3.08. The summed E-state index contributed by atoms with van der Waals surface area (Å²) in [6.45, 7) is -3.45. The lowest BCUT2D eigenvalue weighted by Crippen LogP contribution is -2.36. The Morgan fingerprint density at radius 2 is 1.82 bits per heavy atom. The van der Waals surface area contributed by atoms with Crippen LogP contribution in [0.2, 0.25) is 10.0 Å². The monoisotopic (exact) mass is 591 g/mol. The molecule has 2 aliphatic rings. The molecular formula is C27H21Cl2F2N3O6. The van der Waals surface area contributed by atoms with Gasteiger partial charge in [-0.15, -0.1) is 0 Å². The summed E-state index contributed by atoms with van der Waals surface area (Å²) in [5.41, 5.74) is 0.793. The van der Waals surface area contributed by atoms with Crippen molar-refractivity contribution < 1.29 is 37.4 Å². The second-order valence-electron chi connectivity index (χ2n) is 9.20. The first-order valence-corrected chi connectivity index (χ1v) is 13.0. The standard InChI is InChI=1S/C27H21Cl2F2N3O6/c28-18-10-32-11-19(29)17(18)9-21(15-5-6-20(40-27(30)31)22(8-15)38-13-14-3-4-14)39-23(35)12-34-25(36)16-2-1-7-33-24(16)26(34)37/h1-2,5-8,10-11,14,21,27H,3-4,9,12-13H2/t21-/m0/s1. The molecule has 0 N–H and O–H groups in total. The highest BCUT2D eigenvalue weighted by atomic mass is 35.5. The van der Waals surface area contributed by atoms with Crippen LogP contribution in [0.1, 0.15) is 50.9 Å². The number of rotatable bonds is 11. The Bertz CT molecular complexity index is 1410. The van der Waals surface area contributed by atoms with Crippen molar-refractivity contribution in [1.29, 1.82) is 0 Å². The van der Waals surface area contributed by atoms with E-state index in [1.54, 1.807) is 0 Å². The molecule has 1 aromatic carbocycles. The minimum Gasteiger partial charge on any atom is -0.489 e. The van der Waals surface area contributed by atoms with E-state index in [0.717, 1.165) is 17.7 Å². The zero-order chi connectivity index (χ0) is 28.4. The van der Waals surface area contributed by atoms with Crippen LogP contribution in [0.25, 0.3) is 0 Å². The topological polar surface area (TPSA) is 108 Å². The molecule has 0 bridgehead atoms. The Kier molecular flexibility index (Phi) is 8.13. The maximum atomic E-state index is 13.1. The number of halogens is 4. The third-order valence-corrected chi connectivity index (χ3v) is 7.01. The lowest BCUT2D eigenvalue weighted by molar-refractivity contribution is -0.149. The van der Waals surface area contributed by atoms with E-state index in [9.17, 15) is 23.2 Å². The minimum absolute atomic E-state index is 0.0350. The molecule has 13 heteroatoms. The first-order valence-electron chi connectivity index (χ1n) is 12.2. The second-order valence-corrected chi connectivity index (χ2v) is 10.0. The first kappa shape index (κ1) is 27.7. The quantitative estimate of drug-likeness (QED) is 0.218. The van der Waals surface area contributed by atoms with Gasteiger partial charge < -0.3 is 14.2 Å². The van der Waals surface area contributed by atoms with Crippen LogP contribution in [0.4, 0.5) is 8.78 Å². The molecule has 1 aliphatic heterocycles. The Labute approximate surface area is 237 Å². The SMILES string of the molecule is O=C(CN1C(=O)c2cccnc2C1=O)O[C@@H](Cc1c(Cl)cncc1Cl)c1ccc(OC(F)F)c(OCC2CC2)c1. The fraction of sp³-hybridized carbons (Fsp3) is 0.296. The zero-order valence-corrected chi connectivity index (χ0v) is 22.2. The number of esters is 1. The van der Waals surface area contributed by atoms with E-state index >= 15 is 0 Å². The molecule has 0 radical (unpaired) electrons. The average molecular weight is 592 g/mol. The highest BCUT2D eigenvalue weighted by Crippen LogP contribution is 2.38. The number of benzene rings is 1. The predicted octanol–water partition coefficient (Wildman–Crippen LogP) is 5.30. The van der Waals surface area contributed by atoms with Gasteiger partial charge >= 0.3 is 12.6 Å². The lowest BCUT2D eigenvalue weighted by atomic mass is 10.0. The number of hydrogen-bond donors (Lipinski definition) is 0. The number of ether oxygens (including phenoxy) is 3. The Morgan fingerprint density at radius 3 is 2.50 bits per heavy atom. The van der Waals surface area contributed by atoms with Gasteiger partial charge in [0.15, 0.2) is 11.5 Å². The molecule has 2 amide bonds. The van der Waals surface area contributed by atoms with Crippen molar-refractivity contribution in [3.8, 4) is 11.5 Å². The second kappa shape index (κ2) is 11.7. The summed E-state index contributed by atoms with van der Waals surface area (Å²) in [6, 6.07) is 7.11. The van der Waals surface area contributed by atoms with Gasteiger partial charge in [0, 0.05) is 25.0 Å². The van der Waals surface area contributed by atoms with Crippen molar-refractivity contribution in [2.24, 2.45) is 5.92 Å². The summed E-state index contributed by atoms with van der Waals surface area (Å²) in [5.74, 6) is -2.12. The van der Waals surface area contributed by atoms with E-state index in [-0.39, 0.29) is 39.2 Å². The number of nitrogens with zero attached hydrogens (tertiary/aromatic N) is 3. The number of hydrogen-bond acceptors (Lipinski definition) is 8. The number of aromatic nitrogens is 2. The van der Waals surface area contributed by atoms with Crippen molar-refractivity contribution in [3.63, 3.8) is 0 Å². The zero-order valence-electron chi connectivity index (χ0n) is 20.7. The van der Waals surface area contributed by atoms with Crippen molar-refractivity contribution in [3.05, 3.63) is 81.4 Å². The Balaban J connectivity index is 1.42.